The number of nitrogens with zero attached hydrogens (tertiary/aromatic N) is 3. The Morgan fingerprint density at radius 2 is 1.66 bits per heavy atom. The normalized spacial score (nSPS) is 27.0. The third-order valence-electron chi connectivity index (χ3n) is 6.86. The van der Waals surface area contributed by atoms with Gasteiger partial charge in [-0.15, -0.1) is 0 Å². The van der Waals surface area contributed by atoms with Gasteiger partial charge in [0.05, 0.1) is 18.8 Å². The summed E-state index contributed by atoms with van der Waals surface area (Å²) in [5.74, 6) is 0.970. The van der Waals surface area contributed by atoms with Crippen LogP contribution in [0.25, 0.3) is 0 Å². The zero-order valence-electron chi connectivity index (χ0n) is 17.2. The predicted octanol–water partition coefficient (Wildman–Crippen LogP) is 2.20. The van der Waals surface area contributed by atoms with Crippen LogP contribution in [0.5, 0.6) is 5.75 Å². The number of aliphatic hydroxyl groups excluding tert-OH is 1. The van der Waals surface area contributed by atoms with Crippen molar-refractivity contribution in [1.82, 2.24) is 14.7 Å². The summed E-state index contributed by atoms with van der Waals surface area (Å²) in [5, 5.41) is 10.4. The molecule has 0 aromatic heterocycles. The number of hydrogen-bond donors (Lipinski definition) is 1. The number of aliphatic hydroxyl groups is 1. The Balaban J connectivity index is 1.30. The van der Waals surface area contributed by atoms with Crippen molar-refractivity contribution in [2.75, 3.05) is 39.8 Å². The van der Waals surface area contributed by atoms with Crippen LogP contribution in [0.2, 0.25) is 0 Å². The van der Waals surface area contributed by atoms with Gasteiger partial charge >= 0.3 is 0 Å². The summed E-state index contributed by atoms with van der Waals surface area (Å²) in [6.07, 6.45) is 0.719. The van der Waals surface area contributed by atoms with E-state index in [0.29, 0.717) is 6.04 Å². The van der Waals surface area contributed by atoms with Crippen LogP contribution in [0.3, 0.4) is 0 Å². The van der Waals surface area contributed by atoms with Gasteiger partial charge in [-0.25, -0.2) is 0 Å². The Kier molecular flexibility index (Phi) is 5.08. The quantitative estimate of drug-likeness (QED) is 0.843. The SMILES string of the molecule is COc1ccccc1CN1CC2(CN(Cc3ccccc3)CC3CC(O)CN32)C1. The van der Waals surface area contributed by atoms with Gasteiger partial charge in [-0.2, -0.15) is 0 Å². The molecule has 0 bridgehead atoms. The third kappa shape index (κ3) is 3.68. The van der Waals surface area contributed by atoms with E-state index < -0.39 is 0 Å². The lowest BCUT2D eigenvalue weighted by Crippen LogP contribution is -2.77. The van der Waals surface area contributed by atoms with Crippen LogP contribution >= 0.6 is 0 Å². The first-order valence-electron chi connectivity index (χ1n) is 10.7. The second-order valence-electron chi connectivity index (χ2n) is 9.03. The average Bonchev–Trinajstić information content (AvgIpc) is 3.08. The van der Waals surface area contributed by atoms with Crippen molar-refractivity contribution in [2.45, 2.75) is 37.2 Å². The van der Waals surface area contributed by atoms with Gasteiger partial charge in [-0.05, 0) is 18.1 Å². The number of β-amino-alcohol motifs (C(OH)–C–C–N with tert-alkyl or cyclic N) is 1. The summed E-state index contributed by atoms with van der Waals surface area (Å²) in [6, 6.07) is 19.6. The fourth-order valence-electron chi connectivity index (χ4n) is 5.73. The van der Waals surface area contributed by atoms with E-state index in [1.165, 1.54) is 11.1 Å². The summed E-state index contributed by atoms with van der Waals surface area (Å²) in [5.41, 5.74) is 2.79. The molecule has 3 heterocycles. The number of ether oxygens (including phenoxy) is 1. The van der Waals surface area contributed by atoms with E-state index in [-0.39, 0.29) is 11.6 Å². The van der Waals surface area contributed by atoms with Crippen molar-refractivity contribution in [1.29, 1.82) is 0 Å². The third-order valence-corrected chi connectivity index (χ3v) is 6.86. The number of benzene rings is 2. The van der Waals surface area contributed by atoms with Crippen LogP contribution in [0.4, 0.5) is 0 Å². The number of piperazine rings is 1. The first-order valence-corrected chi connectivity index (χ1v) is 10.7. The molecule has 0 saturated carbocycles. The lowest BCUT2D eigenvalue weighted by molar-refractivity contribution is -0.118. The fraction of sp³-hybridized carbons (Fsp3) is 0.500. The molecule has 3 aliphatic heterocycles. The maximum Gasteiger partial charge on any atom is 0.123 e. The van der Waals surface area contributed by atoms with Gasteiger partial charge in [-0.3, -0.25) is 14.7 Å². The van der Waals surface area contributed by atoms with Crippen LogP contribution in [0.15, 0.2) is 54.6 Å². The Morgan fingerprint density at radius 1 is 0.931 bits per heavy atom. The molecule has 3 saturated heterocycles. The maximum absolute atomic E-state index is 10.4. The maximum atomic E-state index is 10.4. The van der Waals surface area contributed by atoms with E-state index >= 15 is 0 Å². The van der Waals surface area contributed by atoms with Gasteiger partial charge in [0.2, 0.25) is 0 Å². The van der Waals surface area contributed by atoms with Crippen LogP contribution in [0.1, 0.15) is 17.5 Å². The van der Waals surface area contributed by atoms with Gasteiger partial charge in [0.25, 0.3) is 0 Å². The second-order valence-corrected chi connectivity index (χ2v) is 9.03. The van der Waals surface area contributed by atoms with E-state index in [2.05, 4.69) is 57.2 Å². The Hall–Kier alpha value is -1.92. The van der Waals surface area contributed by atoms with E-state index in [9.17, 15) is 5.11 Å². The largest absolute Gasteiger partial charge is 0.496 e. The van der Waals surface area contributed by atoms with Crippen LogP contribution in [-0.2, 0) is 13.1 Å². The van der Waals surface area contributed by atoms with E-state index in [4.69, 9.17) is 4.74 Å². The van der Waals surface area contributed by atoms with Gasteiger partial charge in [-0.1, -0.05) is 48.5 Å². The van der Waals surface area contributed by atoms with Crippen molar-refractivity contribution < 1.29 is 9.84 Å². The minimum atomic E-state index is -0.184. The fourth-order valence-corrected chi connectivity index (χ4v) is 5.73. The zero-order chi connectivity index (χ0) is 19.8. The van der Waals surface area contributed by atoms with Crippen LogP contribution in [0, 0.1) is 0 Å². The molecule has 2 aromatic rings. The summed E-state index contributed by atoms with van der Waals surface area (Å²) in [6.45, 7) is 6.99. The molecular weight excluding hydrogens is 362 g/mol. The monoisotopic (exact) mass is 393 g/mol. The van der Waals surface area contributed by atoms with Crippen LogP contribution < -0.4 is 4.74 Å². The van der Waals surface area contributed by atoms with Gasteiger partial charge in [0.1, 0.15) is 5.75 Å². The molecule has 5 rings (SSSR count). The van der Waals surface area contributed by atoms with Crippen molar-refractivity contribution in [3.8, 4) is 5.75 Å². The second kappa shape index (κ2) is 7.73. The number of rotatable bonds is 5. The first-order chi connectivity index (χ1) is 14.1. The molecule has 29 heavy (non-hydrogen) atoms. The molecule has 2 atom stereocenters. The molecule has 3 fully saturated rings. The average molecular weight is 394 g/mol. The molecule has 5 nitrogen and oxygen atoms in total. The summed E-state index contributed by atoms with van der Waals surface area (Å²) in [7, 11) is 1.75. The predicted molar refractivity (Wildman–Crippen MR) is 114 cm³/mol. The molecule has 154 valence electrons. The molecule has 5 heteroatoms. The smallest absolute Gasteiger partial charge is 0.123 e. The molecule has 1 N–H and O–H groups in total. The van der Waals surface area contributed by atoms with Gasteiger partial charge in [0.15, 0.2) is 0 Å². The molecule has 1 spiro atoms. The van der Waals surface area contributed by atoms with Gasteiger partial charge < -0.3 is 9.84 Å². The lowest BCUT2D eigenvalue weighted by Gasteiger charge is -2.61. The standard InChI is InChI=1S/C24H31N3O2/c1-29-23-10-6-5-9-20(23)13-26-17-24(18-26)16-25(12-19-7-3-2-4-8-19)14-21-11-22(28)15-27(21)24/h2-10,21-22,28H,11-18H2,1H3. The lowest BCUT2D eigenvalue weighted by atomic mass is 9.83. The highest BCUT2D eigenvalue weighted by atomic mass is 16.5. The topological polar surface area (TPSA) is 39.2 Å². The molecule has 2 unspecified atom stereocenters. The van der Waals surface area contributed by atoms with Crippen molar-refractivity contribution in [2.24, 2.45) is 0 Å². The Bertz CT molecular complexity index is 837. The molecule has 0 amide bonds. The number of para-hydroxylation sites is 1. The van der Waals surface area contributed by atoms with Crippen molar-refractivity contribution in [3.63, 3.8) is 0 Å². The number of hydrogen-bond acceptors (Lipinski definition) is 5. The summed E-state index contributed by atoms with van der Waals surface area (Å²) >= 11 is 0. The van der Waals surface area contributed by atoms with Crippen molar-refractivity contribution >= 4 is 0 Å². The van der Waals surface area contributed by atoms with E-state index in [1.807, 2.05) is 12.1 Å². The summed E-state index contributed by atoms with van der Waals surface area (Å²) < 4.78 is 5.54. The molecule has 2 aromatic carbocycles. The highest BCUT2D eigenvalue weighted by Gasteiger charge is 2.55. The first kappa shape index (κ1) is 19.1. The Labute approximate surface area is 173 Å². The highest BCUT2D eigenvalue weighted by molar-refractivity contribution is 5.33. The highest BCUT2D eigenvalue weighted by Crippen LogP contribution is 2.40. The molecular formula is C24H31N3O2. The molecule has 3 aliphatic rings. The zero-order valence-corrected chi connectivity index (χ0v) is 17.2. The Morgan fingerprint density at radius 3 is 2.45 bits per heavy atom. The summed E-state index contributed by atoms with van der Waals surface area (Å²) in [4.78, 5) is 7.75. The molecule has 0 aliphatic carbocycles. The van der Waals surface area contributed by atoms with E-state index in [0.717, 1.165) is 58.0 Å². The number of methoxy groups -OCH3 is 1. The number of fused-ring (bicyclic) bond motifs is 2. The van der Waals surface area contributed by atoms with E-state index in [1.54, 1.807) is 7.11 Å². The minimum Gasteiger partial charge on any atom is -0.496 e. The van der Waals surface area contributed by atoms with Crippen LogP contribution in [-0.4, -0.2) is 77.3 Å². The minimum absolute atomic E-state index is 0.164. The van der Waals surface area contributed by atoms with Gasteiger partial charge in [0, 0.05) is 57.4 Å². The molecule has 0 radical (unpaired) electrons. The number of likely N-dealkylation sites (tertiary alicyclic amines) is 1. The van der Waals surface area contributed by atoms with Crippen molar-refractivity contribution in [3.05, 3.63) is 65.7 Å².